The first-order valence-electron chi connectivity index (χ1n) is 6.08. The number of rotatable bonds is 5. The van der Waals surface area contributed by atoms with E-state index in [1.807, 2.05) is 20.8 Å². The predicted molar refractivity (Wildman–Crippen MR) is 70.9 cm³/mol. The number of phenolic OH excluding ortho intramolecular Hbond substituents is 1. The Bertz CT molecular complexity index is 427. The molecule has 0 aliphatic carbocycles. The van der Waals surface area contributed by atoms with Gasteiger partial charge in [-0.05, 0) is 39.3 Å². The number of phenols is 1. The molecule has 0 bridgehead atoms. The minimum Gasteiger partial charge on any atom is -0.508 e. The normalized spacial score (nSPS) is 11.1. The van der Waals surface area contributed by atoms with Crippen LogP contribution in [0.25, 0.3) is 0 Å². The van der Waals surface area contributed by atoms with Gasteiger partial charge >= 0.3 is 0 Å². The maximum Gasteiger partial charge on any atom is 0.258 e. The summed E-state index contributed by atoms with van der Waals surface area (Å²) < 4.78 is 5.40. The Morgan fingerprint density at radius 1 is 1.44 bits per heavy atom. The average molecular weight is 251 g/mol. The SMILES string of the molecule is CCC(C)(C)NC(=O)COc1cccc(O)c1C. The van der Waals surface area contributed by atoms with Gasteiger partial charge in [0, 0.05) is 11.1 Å². The number of ether oxygens (including phenoxy) is 1. The first-order chi connectivity index (χ1) is 8.35. The summed E-state index contributed by atoms with van der Waals surface area (Å²) in [7, 11) is 0. The van der Waals surface area contributed by atoms with Crippen LogP contribution in [0.2, 0.25) is 0 Å². The topological polar surface area (TPSA) is 58.6 Å². The zero-order valence-corrected chi connectivity index (χ0v) is 11.4. The van der Waals surface area contributed by atoms with Crippen LogP contribution in [-0.2, 0) is 4.79 Å². The zero-order valence-electron chi connectivity index (χ0n) is 11.4. The maximum atomic E-state index is 11.7. The number of benzene rings is 1. The fourth-order valence-corrected chi connectivity index (χ4v) is 1.40. The molecular weight excluding hydrogens is 230 g/mol. The summed E-state index contributed by atoms with van der Waals surface area (Å²) in [5.41, 5.74) is 0.411. The van der Waals surface area contributed by atoms with Crippen molar-refractivity contribution in [3.05, 3.63) is 23.8 Å². The molecule has 0 fully saturated rings. The van der Waals surface area contributed by atoms with Gasteiger partial charge in [0.05, 0.1) is 0 Å². The van der Waals surface area contributed by atoms with Crippen molar-refractivity contribution >= 4 is 5.91 Å². The van der Waals surface area contributed by atoms with Gasteiger partial charge in [-0.1, -0.05) is 13.0 Å². The van der Waals surface area contributed by atoms with Gasteiger partial charge in [-0.3, -0.25) is 4.79 Å². The second-order valence-electron chi connectivity index (χ2n) is 4.97. The molecule has 0 heterocycles. The second-order valence-corrected chi connectivity index (χ2v) is 4.97. The van der Waals surface area contributed by atoms with Crippen molar-refractivity contribution in [2.75, 3.05) is 6.61 Å². The van der Waals surface area contributed by atoms with Crippen LogP contribution in [0.4, 0.5) is 0 Å². The zero-order chi connectivity index (χ0) is 13.8. The van der Waals surface area contributed by atoms with E-state index in [1.54, 1.807) is 25.1 Å². The fraction of sp³-hybridized carbons (Fsp3) is 0.500. The molecule has 0 atom stereocenters. The molecule has 4 nitrogen and oxygen atoms in total. The lowest BCUT2D eigenvalue weighted by atomic mass is 10.0. The summed E-state index contributed by atoms with van der Waals surface area (Å²) in [6.07, 6.45) is 0.851. The van der Waals surface area contributed by atoms with Crippen molar-refractivity contribution in [1.29, 1.82) is 0 Å². The number of hydrogen-bond donors (Lipinski definition) is 2. The van der Waals surface area contributed by atoms with Crippen LogP contribution in [0.1, 0.15) is 32.8 Å². The van der Waals surface area contributed by atoms with Gasteiger partial charge in [-0.25, -0.2) is 0 Å². The lowest BCUT2D eigenvalue weighted by Crippen LogP contribution is -2.44. The van der Waals surface area contributed by atoms with E-state index in [9.17, 15) is 9.90 Å². The first-order valence-corrected chi connectivity index (χ1v) is 6.08. The van der Waals surface area contributed by atoms with Crippen LogP contribution in [-0.4, -0.2) is 23.2 Å². The van der Waals surface area contributed by atoms with Gasteiger partial charge in [-0.2, -0.15) is 0 Å². The molecule has 100 valence electrons. The molecule has 0 saturated heterocycles. The summed E-state index contributed by atoms with van der Waals surface area (Å²) >= 11 is 0. The van der Waals surface area contributed by atoms with Crippen LogP contribution in [0.15, 0.2) is 18.2 Å². The molecule has 18 heavy (non-hydrogen) atoms. The van der Waals surface area contributed by atoms with Crippen LogP contribution >= 0.6 is 0 Å². The van der Waals surface area contributed by atoms with Crippen molar-refractivity contribution in [2.24, 2.45) is 0 Å². The third kappa shape index (κ3) is 3.95. The van der Waals surface area contributed by atoms with Gasteiger partial charge in [0.2, 0.25) is 0 Å². The Kier molecular flexibility index (Phi) is 4.59. The van der Waals surface area contributed by atoms with E-state index in [4.69, 9.17) is 4.74 Å². The van der Waals surface area contributed by atoms with Crippen LogP contribution in [0, 0.1) is 6.92 Å². The van der Waals surface area contributed by atoms with Crippen molar-refractivity contribution in [3.63, 3.8) is 0 Å². The minimum absolute atomic E-state index is 0.0479. The Morgan fingerprint density at radius 2 is 2.11 bits per heavy atom. The molecule has 0 aliphatic heterocycles. The molecule has 0 aliphatic rings. The van der Waals surface area contributed by atoms with E-state index in [2.05, 4.69) is 5.32 Å². The third-order valence-corrected chi connectivity index (χ3v) is 2.98. The second kappa shape index (κ2) is 5.76. The van der Waals surface area contributed by atoms with Crippen LogP contribution in [0.5, 0.6) is 11.5 Å². The largest absolute Gasteiger partial charge is 0.508 e. The number of aromatic hydroxyl groups is 1. The average Bonchev–Trinajstić information content (AvgIpc) is 2.30. The van der Waals surface area contributed by atoms with Crippen LogP contribution in [0.3, 0.4) is 0 Å². The number of carbonyl (C=O) groups excluding carboxylic acids is 1. The highest BCUT2D eigenvalue weighted by atomic mass is 16.5. The lowest BCUT2D eigenvalue weighted by molar-refractivity contribution is -0.124. The Labute approximate surface area is 108 Å². The highest BCUT2D eigenvalue weighted by Gasteiger charge is 2.18. The Hall–Kier alpha value is -1.71. The van der Waals surface area contributed by atoms with Crippen LogP contribution < -0.4 is 10.1 Å². The quantitative estimate of drug-likeness (QED) is 0.844. The molecule has 2 N–H and O–H groups in total. The number of carbonyl (C=O) groups is 1. The molecule has 0 saturated carbocycles. The number of amides is 1. The highest BCUT2D eigenvalue weighted by molar-refractivity contribution is 5.78. The summed E-state index contributed by atoms with van der Waals surface area (Å²) in [6, 6.07) is 5.00. The summed E-state index contributed by atoms with van der Waals surface area (Å²) in [5, 5.41) is 12.4. The summed E-state index contributed by atoms with van der Waals surface area (Å²) in [6.45, 7) is 7.64. The van der Waals surface area contributed by atoms with Gasteiger partial charge in [0.15, 0.2) is 6.61 Å². The van der Waals surface area contributed by atoms with Crippen molar-refractivity contribution < 1.29 is 14.6 Å². The highest BCUT2D eigenvalue weighted by Crippen LogP contribution is 2.25. The molecule has 1 aromatic carbocycles. The van der Waals surface area contributed by atoms with E-state index < -0.39 is 0 Å². The van der Waals surface area contributed by atoms with Crippen molar-refractivity contribution in [1.82, 2.24) is 5.32 Å². The van der Waals surface area contributed by atoms with Crippen molar-refractivity contribution in [2.45, 2.75) is 39.7 Å². The number of hydrogen-bond acceptors (Lipinski definition) is 3. The maximum absolute atomic E-state index is 11.7. The molecule has 0 unspecified atom stereocenters. The smallest absolute Gasteiger partial charge is 0.258 e. The van der Waals surface area contributed by atoms with Gasteiger partial charge < -0.3 is 15.2 Å². The minimum atomic E-state index is -0.228. The van der Waals surface area contributed by atoms with Crippen molar-refractivity contribution in [3.8, 4) is 11.5 Å². The van der Waals surface area contributed by atoms with Gasteiger partial charge in [-0.15, -0.1) is 0 Å². The lowest BCUT2D eigenvalue weighted by Gasteiger charge is -2.24. The molecule has 0 radical (unpaired) electrons. The van der Waals surface area contributed by atoms with Gasteiger partial charge in [0.25, 0.3) is 5.91 Å². The third-order valence-electron chi connectivity index (χ3n) is 2.98. The Morgan fingerprint density at radius 3 is 2.72 bits per heavy atom. The predicted octanol–water partition coefficient (Wildman–Crippen LogP) is 2.38. The standard InChI is InChI=1S/C14H21NO3/c1-5-14(3,4)15-13(17)9-18-12-8-6-7-11(16)10(12)2/h6-8,16H,5,9H2,1-4H3,(H,15,17). The molecule has 0 spiro atoms. The first kappa shape index (κ1) is 14.4. The molecule has 0 aromatic heterocycles. The number of nitrogens with one attached hydrogen (secondary N) is 1. The summed E-state index contributed by atoms with van der Waals surface area (Å²) in [4.78, 5) is 11.7. The molecule has 1 rings (SSSR count). The van der Waals surface area contributed by atoms with E-state index in [0.717, 1.165) is 6.42 Å². The Balaban J connectivity index is 2.56. The fourth-order valence-electron chi connectivity index (χ4n) is 1.40. The van der Waals surface area contributed by atoms with E-state index >= 15 is 0 Å². The molecular formula is C14H21NO3. The summed E-state index contributed by atoms with van der Waals surface area (Å²) in [5.74, 6) is 0.533. The molecule has 4 heteroatoms. The molecule has 1 aromatic rings. The van der Waals surface area contributed by atoms with E-state index in [0.29, 0.717) is 11.3 Å². The van der Waals surface area contributed by atoms with E-state index in [-0.39, 0.29) is 23.8 Å². The van der Waals surface area contributed by atoms with E-state index in [1.165, 1.54) is 0 Å². The molecule has 1 amide bonds. The monoisotopic (exact) mass is 251 g/mol. The van der Waals surface area contributed by atoms with Gasteiger partial charge in [0.1, 0.15) is 11.5 Å².